The molecule has 2 heterocycles. The summed E-state index contributed by atoms with van der Waals surface area (Å²) < 4.78 is 19.0. The lowest BCUT2D eigenvalue weighted by atomic mass is 10.0. The highest BCUT2D eigenvalue weighted by Crippen LogP contribution is 2.37. The van der Waals surface area contributed by atoms with Gasteiger partial charge in [-0.3, -0.25) is 9.59 Å². The van der Waals surface area contributed by atoms with Crippen LogP contribution in [0, 0.1) is 0 Å². The first-order chi connectivity index (χ1) is 23.9. The van der Waals surface area contributed by atoms with Gasteiger partial charge in [0.1, 0.15) is 36.1 Å². The molecule has 0 saturated carbocycles. The van der Waals surface area contributed by atoms with E-state index in [0.717, 1.165) is 70.7 Å². The third-order valence-electron chi connectivity index (χ3n) is 9.09. The van der Waals surface area contributed by atoms with E-state index in [9.17, 15) is 9.59 Å². The normalized spacial score (nSPS) is 15.4. The van der Waals surface area contributed by atoms with Gasteiger partial charge in [0.2, 0.25) is 11.8 Å². The molecule has 0 N–H and O–H groups in total. The molecule has 2 saturated heterocycles. The summed E-state index contributed by atoms with van der Waals surface area (Å²) in [6, 6.07) is 30.0. The SMILES string of the molecule is C=CC(=O)N1CCC(Oc2ccc(-c3cccc(OCc4ccc(OC5CCN(C(=O)C=C)CC5)c(-c5ccccc5Cl)c4)c3)cc2)CC1. The van der Waals surface area contributed by atoms with Gasteiger partial charge in [-0.15, -0.1) is 0 Å². The predicted molar refractivity (Wildman–Crippen MR) is 194 cm³/mol. The fourth-order valence-corrected chi connectivity index (χ4v) is 6.57. The molecule has 0 aromatic heterocycles. The maximum Gasteiger partial charge on any atom is 0.245 e. The highest BCUT2D eigenvalue weighted by molar-refractivity contribution is 6.33. The van der Waals surface area contributed by atoms with Gasteiger partial charge in [-0.2, -0.15) is 0 Å². The standard InChI is InChI=1S/C41H41ClN2O5/c1-3-40(45)43-22-18-33(19-23-43)48-32-15-13-30(14-16-32)31-8-7-9-35(27-31)47-28-29-12-17-39(37(26-29)36-10-5-6-11-38(36)42)49-34-20-24-44(25-21-34)41(46)4-2/h3-17,26-27,33-34H,1-2,18-25,28H2. The number of piperidine rings is 2. The van der Waals surface area contributed by atoms with Crippen LogP contribution >= 0.6 is 11.6 Å². The van der Waals surface area contributed by atoms with E-state index in [4.69, 9.17) is 25.8 Å². The lowest BCUT2D eigenvalue weighted by Crippen LogP contribution is -2.41. The highest BCUT2D eigenvalue weighted by Gasteiger charge is 2.25. The number of carbonyl (C=O) groups is 2. The van der Waals surface area contributed by atoms with E-state index < -0.39 is 0 Å². The average molecular weight is 677 g/mol. The van der Waals surface area contributed by atoms with Crippen LogP contribution in [0.25, 0.3) is 22.3 Å². The molecular weight excluding hydrogens is 636 g/mol. The number of benzene rings is 4. The first-order valence-electron chi connectivity index (χ1n) is 16.8. The topological polar surface area (TPSA) is 68.3 Å². The van der Waals surface area contributed by atoms with Gasteiger partial charge in [0, 0.05) is 68.0 Å². The van der Waals surface area contributed by atoms with Crippen molar-refractivity contribution in [3.05, 3.63) is 127 Å². The molecule has 8 heteroatoms. The zero-order valence-electron chi connectivity index (χ0n) is 27.6. The summed E-state index contributed by atoms with van der Waals surface area (Å²) in [6.07, 6.45) is 5.91. The van der Waals surface area contributed by atoms with E-state index >= 15 is 0 Å². The van der Waals surface area contributed by atoms with Crippen LogP contribution in [-0.2, 0) is 16.2 Å². The predicted octanol–water partition coefficient (Wildman–Crippen LogP) is 8.36. The number of carbonyl (C=O) groups excluding carboxylic acids is 2. The molecule has 0 bridgehead atoms. The number of hydrogen-bond acceptors (Lipinski definition) is 5. The summed E-state index contributed by atoms with van der Waals surface area (Å²) in [5, 5.41) is 0.645. The fourth-order valence-electron chi connectivity index (χ4n) is 6.34. The average Bonchev–Trinajstić information content (AvgIpc) is 3.15. The van der Waals surface area contributed by atoms with Crippen molar-refractivity contribution in [1.82, 2.24) is 9.80 Å². The van der Waals surface area contributed by atoms with Crippen LogP contribution in [0.5, 0.6) is 17.2 Å². The molecular formula is C41H41ClN2O5. The highest BCUT2D eigenvalue weighted by atomic mass is 35.5. The smallest absolute Gasteiger partial charge is 0.245 e. The summed E-state index contributed by atoms with van der Waals surface area (Å²) in [4.78, 5) is 27.5. The van der Waals surface area contributed by atoms with E-state index in [1.54, 1.807) is 0 Å². The Balaban J connectivity index is 1.10. The molecule has 252 valence electrons. The summed E-state index contributed by atoms with van der Waals surface area (Å²) in [6.45, 7) is 10.2. The Morgan fingerprint density at radius 2 is 1.31 bits per heavy atom. The molecule has 0 atom stereocenters. The molecule has 7 nitrogen and oxygen atoms in total. The van der Waals surface area contributed by atoms with E-state index in [1.165, 1.54) is 12.2 Å². The van der Waals surface area contributed by atoms with Crippen molar-refractivity contribution in [3.63, 3.8) is 0 Å². The fraction of sp³-hybridized carbons (Fsp3) is 0.268. The molecule has 0 aliphatic carbocycles. The minimum absolute atomic E-state index is 0.00636. The van der Waals surface area contributed by atoms with Gasteiger partial charge in [0.05, 0.1) is 0 Å². The minimum atomic E-state index is -0.0412. The zero-order chi connectivity index (χ0) is 34.2. The Labute approximate surface area is 293 Å². The summed E-state index contributed by atoms with van der Waals surface area (Å²) in [7, 11) is 0. The number of ether oxygens (including phenoxy) is 3. The molecule has 4 aromatic carbocycles. The Kier molecular flexibility index (Phi) is 11.0. The molecule has 4 aromatic rings. The number of halogens is 1. The molecule has 0 radical (unpaired) electrons. The van der Waals surface area contributed by atoms with Crippen molar-refractivity contribution in [3.8, 4) is 39.5 Å². The van der Waals surface area contributed by atoms with Gasteiger partial charge in [0.25, 0.3) is 0 Å². The zero-order valence-corrected chi connectivity index (χ0v) is 28.3. The molecule has 0 spiro atoms. The molecule has 2 amide bonds. The Morgan fingerprint density at radius 3 is 1.94 bits per heavy atom. The van der Waals surface area contributed by atoms with Crippen molar-refractivity contribution in [2.24, 2.45) is 0 Å². The first-order valence-corrected chi connectivity index (χ1v) is 17.1. The van der Waals surface area contributed by atoms with E-state index in [0.29, 0.717) is 37.8 Å². The Morgan fingerprint density at radius 1 is 0.673 bits per heavy atom. The molecule has 2 aliphatic rings. The first kappa shape index (κ1) is 33.9. The van der Waals surface area contributed by atoms with Gasteiger partial charge >= 0.3 is 0 Å². The second-order valence-corrected chi connectivity index (χ2v) is 12.8. The van der Waals surface area contributed by atoms with Crippen molar-refractivity contribution in [1.29, 1.82) is 0 Å². The number of nitrogens with zero attached hydrogens (tertiary/aromatic N) is 2. The quantitative estimate of drug-likeness (QED) is 0.149. The van der Waals surface area contributed by atoms with Gasteiger partial charge in [-0.25, -0.2) is 0 Å². The number of likely N-dealkylation sites (tertiary alicyclic amines) is 2. The monoisotopic (exact) mass is 676 g/mol. The third kappa shape index (κ3) is 8.54. The van der Waals surface area contributed by atoms with Crippen LogP contribution in [0.4, 0.5) is 0 Å². The molecule has 2 fully saturated rings. The van der Waals surface area contributed by atoms with Crippen molar-refractivity contribution >= 4 is 23.4 Å². The lowest BCUT2D eigenvalue weighted by Gasteiger charge is -2.32. The van der Waals surface area contributed by atoms with Crippen molar-refractivity contribution in [2.75, 3.05) is 26.2 Å². The van der Waals surface area contributed by atoms with Crippen molar-refractivity contribution < 1.29 is 23.8 Å². The van der Waals surface area contributed by atoms with Crippen LogP contribution in [0.2, 0.25) is 5.02 Å². The maximum atomic E-state index is 12.0. The van der Waals surface area contributed by atoms with Crippen LogP contribution in [0.3, 0.4) is 0 Å². The van der Waals surface area contributed by atoms with Gasteiger partial charge < -0.3 is 24.0 Å². The summed E-state index contributed by atoms with van der Waals surface area (Å²) in [5.74, 6) is 2.28. The lowest BCUT2D eigenvalue weighted by molar-refractivity contribution is -0.128. The van der Waals surface area contributed by atoms with Crippen LogP contribution in [-0.4, -0.2) is 60.0 Å². The molecule has 2 aliphatic heterocycles. The van der Waals surface area contributed by atoms with Gasteiger partial charge in [-0.1, -0.05) is 73.3 Å². The van der Waals surface area contributed by atoms with E-state index in [-0.39, 0.29) is 24.0 Å². The third-order valence-corrected chi connectivity index (χ3v) is 9.42. The summed E-state index contributed by atoms with van der Waals surface area (Å²) in [5.41, 5.74) is 4.89. The van der Waals surface area contributed by atoms with Crippen LogP contribution in [0.15, 0.2) is 116 Å². The summed E-state index contributed by atoms with van der Waals surface area (Å²) >= 11 is 6.66. The molecule has 0 unspecified atom stereocenters. The number of rotatable bonds is 11. The largest absolute Gasteiger partial charge is 0.490 e. The van der Waals surface area contributed by atoms with E-state index in [2.05, 4.69) is 37.4 Å². The van der Waals surface area contributed by atoms with E-state index in [1.807, 2.05) is 76.5 Å². The van der Waals surface area contributed by atoms with Crippen LogP contribution in [0.1, 0.15) is 31.2 Å². The Hall–Kier alpha value is -5.01. The van der Waals surface area contributed by atoms with Crippen LogP contribution < -0.4 is 14.2 Å². The maximum absolute atomic E-state index is 12.0. The van der Waals surface area contributed by atoms with Gasteiger partial charge in [-0.05, 0) is 71.3 Å². The number of hydrogen-bond donors (Lipinski definition) is 0. The second-order valence-electron chi connectivity index (χ2n) is 12.3. The molecule has 6 rings (SSSR count). The Bertz CT molecular complexity index is 1790. The van der Waals surface area contributed by atoms with Gasteiger partial charge in [0.15, 0.2) is 0 Å². The van der Waals surface area contributed by atoms with Crippen molar-refractivity contribution in [2.45, 2.75) is 44.5 Å². The number of amides is 2. The minimum Gasteiger partial charge on any atom is -0.490 e. The molecule has 49 heavy (non-hydrogen) atoms. The second kappa shape index (κ2) is 15.9.